The SMILES string of the molecule is CCC/C=C\C/C=C\CCCCCCCC(=O)NC(COC1OC(CO)C(OC2OC(CO)C(O)C(O)C2O)C(O)C1O)C(O)/C=C/CCCCCCCCCCCCCCCCCCCCCCCCCCCCCCC. The van der Waals surface area contributed by atoms with Crippen molar-refractivity contribution in [3.05, 3.63) is 36.5 Å². The molecule has 14 heteroatoms. The molecule has 2 saturated heterocycles. The van der Waals surface area contributed by atoms with Crippen molar-refractivity contribution >= 4 is 5.91 Å². The van der Waals surface area contributed by atoms with Crippen molar-refractivity contribution in [1.82, 2.24) is 5.32 Å². The van der Waals surface area contributed by atoms with Crippen LogP contribution in [0.2, 0.25) is 0 Å². The van der Waals surface area contributed by atoms with Crippen molar-refractivity contribution in [3.8, 4) is 0 Å². The van der Waals surface area contributed by atoms with Crippen molar-refractivity contribution in [2.24, 2.45) is 0 Å². The number of hydrogen-bond donors (Lipinski definition) is 9. The molecule has 0 aromatic rings. The van der Waals surface area contributed by atoms with Gasteiger partial charge in [0.2, 0.25) is 5.91 Å². The molecule has 78 heavy (non-hydrogen) atoms. The molecule has 0 saturated carbocycles. The number of unbranched alkanes of at least 4 members (excludes halogenated alkanes) is 35. The van der Waals surface area contributed by atoms with Crippen LogP contribution in [0, 0.1) is 0 Å². The Morgan fingerprint density at radius 3 is 1.33 bits per heavy atom. The van der Waals surface area contributed by atoms with Crippen LogP contribution in [-0.2, 0) is 23.7 Å². The highest BCUT2D eigenvalue weighted by atomic mass is 16.7. The van der Waals surface area contributed by atoms with E-state index in [1.54, 1.807) is 6.08 Å². The molecule has 14 nitrogen and oxygen atoms in total. The minimum Gasteiger partial charge on any atom is -0.394 e. The lowest BCUT2D eigenvalue weighted by Crippen LogP contribution is -2.65. The van der Waals surface area contributed by atoms with E-state index >= 15 is 0 Å². The third kappa shape index (κ3) is 34.6. The van der Waals surface area contributed by atoms with Gasteiger partial charge in [0.05, 0.1) is 32.0 Å². The Bertz CT molecular complexity index is 1450. The number of ether oxygens (including phenoxy) is 4. The highest BCUT2D eigenvalue weighted by Gasteiger charge is 2.51. The van der Waals surface area contributed by atoms with Crippen LogP contribution in [0.5, 0.6) is 0 Å². The summed E-state index contributed by atoms with van der Waals surface area (Å²) in [5.74, 6) is -0.252. The van der Waals surface area contributed by atoms with E-state index in [2.05, 4.69) is 43.5 Å². The summed E-state index contributed by atoms with van der Waals surface area (Å²) in [5.41, 5.74) is 0. The van der Waals surface area contributed by atoms with E-state index in [-0.39, 0.29) is 18.9 Å². The molecule has 12 atom stereocenters. The Labute approximate surface area is 474 Å². The van der Waals surface area contributed by atoms with Gasteiger partial charge in [-0.3, -0.25) is 4.79 Å². The summed E-state index contributed by atoms with van der Waals surface area (Å²) in [4.78, 5) is 13.2. The third-order valence-corrected chi connectivity index (χ3v) is 15.8. The van der Waals surface area contributed by atoms with Gasteiger partial charge >= 0.3 is 0 Å². The number of carbonyl (C=O) groups excluding carboxylic acids is 1. The smallest absolute Gasteiger partial charge is 0.220 e. The zero-order valence-electron chi connectivity index (χ0n) is 49.4. The van der Waals surface area contributed by atoms with Gasteiger partial charge in [-0.2, -0.15) is 0 Å². The number of aliphatic hydroxyl groups excluding tert-OH is 8. The molecule has 2 fully saturated rings. The maximum atomic E-state index is 13.2. The van der Waals surface area contributed by atoms with Crippen molar-refractivity contribution in [3.63, 3.8) is 0 Å². The Balaban J connectivity index is 1.66. The van der Waals surface area contributed by atoms with Gasteiger partial charge in [-0.15, -0.1) is 0 Å². The molecular weight excluding hydrogens is 991 g/mol. The summed E-state index contributed by atoms with van der Waals surface area (Å²) in [6.45, 7) is 2.74. The maximum absolute atomic E-state index is 13.2. The topological polar surface area (TPSA) is 228 Å². The van der Waals surface area contributed by atoms with E-state index < -0.39 is 86.8 Å². The van der Waals surface area contributed by atoms with Crippen molar-refractivity contribution in [1.29, 1.82) is 0 Å². The quantitative estimate of drug-likeness (QED) is 0.0204. The lowest BCUT2D eigenvalue weighted by atomic mass is 9.97. The number of nitrogens with one attached hydrogen (secondary N) is 1. The van der Waals surface area contributed by atoms with Crippen LogP contribution in [-0.4, -0.2) is 140 Å². The summed E-state index contributed by atoms with van der Waals surface area (Å²) >= 11 is 0. The molecule has 0 bridgehead atoms. The lowest BCUT2D eigenvalue weighted by molar-refractivity contribution is -0.359. The highest BCUT2D eigenvalue weighted by Crippen LogP contribution is 2.30. The van der Waals surface area contributed by atoms with Gasteiger partial charge in [0, 0.05) is 6.42 Å². The lowest BCUT2D eigenvalue weighted by Gasteiger charge is -2.46. The number of amides is 1. The molecule has 12 unspecified atom stereocenters. The molecular formula is C64H119NO13. The molecule has 1 amide bonds. The standard InChI is InChI=1S/C64H119NO13/c1-3-5-7-9-11-13-15-17-18-19-20-21-22-23-24-25-26-27-28-29-30-31-32-33-34-36-37-39-41-43-45-47-53(68)52(65-56(69)48-46-44-42-40-38-35-16-14-12-10-8-6-4-2)51-75-63-61(74)59(72)62(55(50-67)77-63)78-64-60(73)58(71)57(70)54(49-66)76-64/h8,10,14,16,45,47,52-55,57-64,66-68,70-74H,3-7,9,11-13,15,17-44,46,48-51H2,1-2H3,(H,65,69)/b10-8-,16-14-,47-45+. The van der Waals surface area contributed by atoms with E-state index in [0.717, 1.165) is 70.6 Å². The van der Waals surface area contributed by atoms with E-state index in [9.17, 15) is 45.6 Å². The first kappa shape index (κ1) is 72.3. The second-order valence-corrected chi connectivity index (χ2v) is 22.9. The molecule has 0 aromatic carbocycles. The van der Waals surface area contributed by atoms with Crippen LogP contribution in [0.25, 0.3) is 0 Å². The molecule has 458 valence electrons. The summed E-state index contributed by atoms with van der Waals surface area (Å²) < 4.78 is 22.8. The maximum Gasteiger partial charge on any atom is 0.220 e. The average Bonchev–Trinajstić information content (AvgIpc) is 3.47. The molecule has 2 aliphatic heterocycles. The fourth-order valence-electron chi connectivity index (χ4n) is 10.6. The van der Waals surface area contributed by atoms with Gasteiger partial charge in [-0.25, -0.2) is 0 Å². The average molecular weight is 1110 g/mol. The fraction of sp³-hybridized carbons (Fsp3) is 0.891. The van der Waals surface area contributed by atoms with E-state index in [0.29, 0.717) is 6.42 Å². The first-order valence-electron chi connectivity index (χ1n) is 32.2. The van der Waals surface area contributed by atoms with Crippen molar-refractivity contribution in [2.45, 2.75) is 344 Å². The first-order valence-corrected chi connectivity index (χ1v) is 32.2. The van der Waals surface area contributed by atoms with Gasteiger partial charge in [-0.05, 0) is 44.9 Å². The minimum absolute atomic E-state index is 0.252. The van der Waals surface area contributed by atoms with E-state index in [4.69, 9.17) is 18.9 Å². The first-order chi connectivity index (χ1) is 38.1. The largest absolute Gasteiger partial charge is 0.394 e. The Kier molecular flexibility index (Phi) is 46.2. The summed E-state index contributed by atoms with van der Waals surface area (Å²) in [6, 6.07) is -0.922. The molecule has 2 heterocycles. The van der Waals surface area contributed by atoms with Crippen molar-refractivity contribution < 1.29 is 64.6 Å². The van der Waals surface area contributed by atoms with Crippen LogP contribution in [0.4, 0.5) is 0 Å². The minimum atomic E-state index is -1.79. The number of carbonyl (C=O) groups is 1. The van der Waals surface area contributed by atoms with Crippen LogP contribution in [0.3, 0.4) is 0 Å². The predicted molar refractivity (Wildman–Crippen MR) is 314 cm³/mol. The Hall–Kier alpha value is -1.79. The highest BCUT2D eigenvalue weighted by molar-refractivity contribution is 5.76. The van der Waals surface area contributed by atoms with E-state index in [1.165, 1.54) is 173 Å². The van der Waals surface area contributed by atoms with Crippen LogP contribution in [0.15, 0.2) is 36.5 Å². The monoisotopic (exact) mass is 1110 g/mol. The van der Waals surface area contributed by atoms with Crippen LogP contribution < -0.4 is 5.32 Å². The third-order valence-electron chi connectivity index (χ3n) is 15.8. The summed E-state index contributed by atoms with van der Waals surface area (Å²) in [5, 5.41) is 87.1. The van der Waals surface area contributed by atoms with E-state index in [1.807, 2.05) is 6.08 Å². The molecule has 0 aromatic heterocycles. The van der Waals surface area contributed by atoms with Crippen LogP contribution >= 0.6 is 0 Å². The molecule has 0 aliphatic carbocycles. The second kappa shape index (κ2) is 49.8. The Morgan fingerprint density at radius 1 is 0.462 bits per heavy atom. The molecule has 2 aliphatic rings. The normalized spacial score (nSPS) is 24.7. The number of hydrogen-bond acceptors (Lipinski definition) is 13. The second-order valence-electron chi connectivity index (χ2n) is 22.9. The number of allylic oxidation sites excluding steroid dienone is 5. The van der Waals surface area contributed by atoms with Crippen LogP contribution in [0.1, 0.15) is 271 Å². The van der Waals surface area contributed by atoms with Gasteiger partial charge in [0.15, 0.2) is 12.6 Å². The van der Waals surface area contributed by atoms with Gasteiger partial charge in [0.25, 0.3) is 0 Å². The molecule has 0 radical (unpaired) electrons. The number of rotatable bonds is 52. The summed E-state index contributed by atoms with van der Waals surface area (Å²) in [7, 11) is 0. The molecule has 2 rings (SSSR count). The van der Waals surface area contributed by atoms with Crippen molar-refractivity contribution in [2.75, 3.05) is 19.8 Å². The van der Waals surface area contributed by atoms with Gasteiger partial charge < -0.3 is 65.1 Å². The zero-order valence-corrected chi connectivity index (χ0v) is 49.4. The molecule has 9 N–H and O–H groups in total. The number of aliphatic hydroxyl groups is 8. The summed E-state index contributed by atoms with van der Waals surface area (Å²) in [6.07, 6.45) is 45.0. The Morgan fingerprint density at radius 2 is 0.872 bits per heavy atom. The van der Waals surface area contributed by atoms with Gasteiger partial charge in [0.1, 0.15) is 48.8 Å². The fourth-order valence-corrected chi connectivity index (χ4v) is 10.6. The zero-order chi connectivity index (χ0) is 56.7. The molecule has 0 spiro atoms. The van der Waals surface area contributed by atoms with Gasteiger partial charge in [-0.1, -0.05) is 256 Å². The predicted octanol–water partition coefficient (Wildman–Crippen LogP) is 11.8.